The van der Waals surface area contributed by atoms with Gasteiger partial charge in [0.2, 0.25) is 0 Å². The van der Waals surface area contributed by atoms with E-state index >= 15 is 0 Å². The van der Waals surface area contributed by atoms with Crippen molar-refractivity contribution in [1.29, 1.82) is 0 Å². The van der Waals surface area contributed by atoms with Crippen molar-refractivity contribution < 1.29 is 9.63 Å². The van der Waals surface area contributed by atoms with Crippen LogP contribution < -0.4 is 5.32 Å². The lowest BCUT2D eigenvalue weighted by Crippen LogP contribution is -2.24. The van der Waals surface area contributed by atoms with Gasteiger partial charge < -0.3 is 10.2 Å². The molecule has 0 saturated heterocycles. The van der Waals surface area contributed by atoms with Gasteiger partial charge in [-0.05, 0) is 24.3 Å². The topological polar surface area (TPSA) is 63.6 Å². The second-order valence-electron chi connectivity index (χ2n) is 3.93. The van der Waals surface area contributed by atoms with E-state index in [4.69, 9.17) is 28.0 Å². The minimum absolute atomic E-state index is 0.106. The number of aromatic nitrogens is 1. The number of nitrogens with one attached hydrogen (secondary N) is 1. The maximum absolute atomic E-state index is 12.3. The molecule has 0 unspecified atom stereocenters. The number of oxime groups is 1. The van der Waals surface area contributed by atoms with Gasteiger partial charge in [0.15, 0.2) is 10.9 Å². The van der Waals surface area contributed by atoms with E-state index in [9.17, 15) is 4.79 Å². The van der Waals surface area contributed by atoms with Gasteiger partial charge in [-0.2, -0.15) is 0 Å². The summed E-state index contributed by atoms with van der Waals surface area (Å²) in [5, 5.41) is 7.13. The van der Waals surface area contributed by atoms with Crippen LogP contribution in [0.2, 0.25) is 10.2 Å². The van der Waals surface area contributed by atoms with Crippen LogP contribution in [0.25, 0.3) is 0 Å². The lowest BCUT2D eigenvalue weighted by atomic mass is 10.1. The Morgan fingerprint density at radius 1 is 1.24 bits per heavy atom. The first-order chi connectivity index (χ1) is 10.1. The molecule has 1 heterocycles. The normalized spacial score (nSPS) is 11.1. The number of halogens is 2. The average molecular weight is 324 g/mol. The van der Waals surface area contributed by atoms with E-state index < -0.39 is 5.91 Å². The molecule has 0 radical (unpaired) electrons. The fourth-order valence-electron chi connectivity index (χ4n) is 1.59. The Morgan fingerprint density at radius 2 is 1.95 bits per heavy atom. The van der Waals surface area contributed by atoms with E-state index in [0.29, 0.717) is 16.3 Å². The molecule has 0 atom stereocenters. The van der Waals surface area contributed by atoms with Crippen LogP contribution in [0.1, 0.15) is 5.56 Å². The van der Waals surface area contributed by atoms with Crippen LogP contribution in [0.15, 0.2) is 47.8 Å². The summed E-state index contributed by atoms with van der Waals surface area (Å²) in [4.78, 5) is 20.9. The molecule has 0 aliphatic rings. The number of pyridine rings is 1. The van der Waals surface area contributed by atoms with Crippen molar-refractivity contribution in [2.24, 2.45) is 5.16 Å². The van der Waals surface area contributed by atoms with Crippen molar-refractivity contribution in [2.45, 2.75) is 0 Å². The van der Waals surface area contributed by atoms with Crippen molar-refractivity contribution >= 4 is 40.5 Å². The molecule has 1 aromatic carbocycles. The van der Waals surface area contributed by atoms with Crippen molar-refractivity contribution in [3.63, 3.8) is 0 Å². The SMILES string of the molecule is CO/N=C(\C(=O)Nc1cccnc1Cl)c1ccc(Cl)cc1. The molecule has 0 spiro atoms. The molecule has 0 saturated carbocycles. The number of amides is 1. The number of hydrogen-bond acceptors (Lipinski definition) is 4. The van der Waals surface area contributed by atoms with Gasteiger partial charge in [-0.3, -0.25) is 4.79 Å². The van der Waals surface area contributed by atoms with E-state index in [1.807, 2.05) is 0 Å². The molecular weight excluding hydrogens is 313 g/mol. The van der Waals surface area contributed by atoms with Crippen LogP contribution in [-0.4, -0.2) is 23.7 Å². The summed E-state index contributed by atoms with van der Waals surface area (Å²) < 4.78 is 0. The molecule has 2 rings (SSSR count). The fourth-order valence-corrected chi connectivity index (χ4v) is 1.88. The summed E-state index contributed by atoms with van der Waals surface area (Å²) in [5.74, 6) is -0.464. The third-order valence-corrected chi connectivity index (χ3v) is 3.08. The van der Waals surface area contributed by atoms with E-state index in [1.165, 1.54) is 13.3 Å². The van der Waals surface area contributed by atoms with Crippen LogP contribution in [0.5, 0.6) is 0 Å². The van der Waals surface area contributed by atoms with E-state index in [-0.39, 0.29) is 10.9 Å². The molecule has 0 aliphatic carbocycles. The number of nitrogens with zero attached hydrogens (tertiary/aromatic N) is 2. The second kappa shape index (κ2) is 7.06. The smallest absolute Gasteiger partial charge is 0.278 e. The van der Waals surface area contributed by atoms with Crippen LogP contribution in [0, 0.1) is 0 Å². The zero-order chi connectivity index (χ0) is 15.2. The first-order valence-corrected chi connectivity index (χ1v) is 6.66. The Bertz CT molecular complexity index is 672. The molecule has 1 N–H and O–H groups in total. The highest BCUT2D eigenvalue weighted by atomic mass is 35.5. The van der Waals surface area contributed by atoms with Gasteiger partial charge in [-0.1, -0.05) is 40.5 Å². The number of benzene rings is 1. The Labute approximate surface area is 131 Å². The van der Waals surface area contributed by atoms with Crippen LogP contribution in [0.4, 0.5) is 5.69 Å². The lowest BCUT2D eigenvalue weighted by molar-refractivity contribution is -0.110. The highest BCUT2D eigenvalue weighted by Gasteiger charge is 2.16. The summed E-state index contributed by atoms with van der Waals surface area (Å²) in [6.07, 6.45) is 1.53. The minimum Gasteiger partial charge on any atom is -0.398 e. The molecule has 5 nitrogen and oxygen atoms in total. The van der Waals surface area contributed by atoms with Gasteiger partial charge in [-0.15, -0.1) is 0 Å². The Kier molecular flexibility index (Phi) is 5.14. The van der Waals surface area contributed by atoms with Gasteiger partial charge in [0, 0.05) is 16.8 Å². The summed E-state index contributed by atoms with van der Waals surface area (Å²) in [6, 6.07) is 9.96. The minimum atomic E-state index is -0.464. The summed E-state index contributed by atoms with van der Waals surface area (Å²) in [6.45, 7) is 0. The quantitative estimate of drug-likeness (QED) is 0.533. The fraction of sp³-hybridized carbons (Fsp3) is 0.0714. The maximum atomic E-state index is 12.3. The van der Waals surface area contributed by atoms with Crippen molar-refractivity contribution in [1.82, 2.24) is 4.98 Å². The molecule has 2 aromatic rings. The number of rotatable bonds is 4. The largest absolute Gasteiger partial charge is 0.398 e. The van der Waals surface area contributed by atoms with Crippen LogP contribution in [-0.2, 0) is 9.63 Å². The Hall–Kier alpha value is -2.11. The van der Waals surface area contributed by atoms with Gasteiger partial charge >= 0.3 is 0 Å². The predicted molar refractivity (Wildman–Crippen MR) is 82.9 cm³/mol. The van der Waals surface area contributed by atoms with E-state index in [2.05, 4.69) is 15.5 Å². The van der Waals surface area contributed by atoms with Gasteiger partial charge in [-0.25, -0.2) is 4.98 Å². The first kappa shape index (κ1) is 15.3. The summed E-state index contributed by atoms with van der Waals surface area (Å²) in [5.41, 5.74) is 1.06. The third-order valence-electron chi connectivity index (χ3n) is 2.52. The number of hydrogen-bond donors (Lipinski definition) is 1. The number of carbonyl (C=O) groups is 1. The molecule has 0 aliphatic heterocycles. The molecular formula is C14H11Cl2N3O2. The molecule has 1 amide bonds. The molecule has 7 heteroatoms. The molecule has 0 bridgehead atoms. The first-order valence-electron chi connectivity index (χ1n) is 5.91. The van der Waals surface area contributed by atoms with Gasteiger partial charge in [0.05, 0.1) is 5.69 Å². The van der Waals surface area contributed by atoms with Crippen LogP contribution in [0.3, 0.4) is 0 Å². The number of carbonyl (C=O) groups excluding carboxylic acids is 1. The molecule has 1 aromatic heterocycles. The van der Waals surface area contributed by atoms with E-state index in [1.54, 1.807) is 36.4 Å². The average Bonchev–Trinajstić information content (AvgIpc) is 2.48. The third kappa shape index (κ3) is 3.93. The zero-order valence-corrected chi connectivity index (χ0v) is 12.5. The van der Waals surface area contributed by atoms with Crippen molar-refractivity contribution in [3.8, 4) is 0 Å². The summed E-state index contributed by atoms with van der Waals surface area (Å²) >= 11 is 11.7. The van der Waals surface area contributed by atoms with Gasteiger partial charge in [0.1, 0.15) is 7.11 Å². The zero-order valence-electron chi connectivity index (χ0n) is 11.0. The Balaban J connectivity index is 2.27. The van der Waals surface area contributed by atoms with Crippen molar-refractivity contribution in [2.75, 3.05) is 12.4 Å². The lowest BCUT2D eigenvalue weighted by Gasteiger charge is -2.08. The second-order valence-corrected chi connectivity index (χ2v) is 4.72. The monoisotopic (exact) mass is 323 g/mol. The molecule has 21 heavy (non-hydrogen) atoms. The predicted octanol–water partition coefficient (Wildman–Crippen LogP) is 3.38. The summed E-state index contributed by atoms with van der Waals surface area (Å²) in [7, 11) is 1.36. The Morgan fingerprint density at radius 3 is 2.57 bits per heavy atom. The highest BCUT2D eigenvalue weighted by Crippen LogP contribution is 2.18. The van der Waals surface area contributed by atoms with Crippen LogP contribution >= 0.6 is 23.2 Å². The maximum Gasteiger partial charge on any atom is 0.278 e. The van der Waals surface area contributed by atoms with E-state index in [0.717, 1.165) is 0 Å². The van der Waals surface area contributed by atoms with Crippen molar-refractivity contribution in [3.05, 3.63) is 58.3 Å². The van der Waals surface area contributed by atoms with Gasteiger partial charge in [0.25, 0.3) is 5.91 Å². The highest BCUT2D eigenvalue weighted by molar-refractivity contribution is 6.49. The molecule has 108 valence electrons. The standard InChI is InChI=1S/C14H11Cl2N3O2/c1-21-19-12(9-4-6-10(15)7-5-9)14(20)18-11-3-2-8-17-13(11)16/h2-8H,1H3,(H,18,20)/b19-12-. The number of anilines is 1. The molecule has 0 fully saturated rings.